The van der Waals surface area contributed by atoms with Gasteiger partial charge in [-0.2, -0.15) is 0 Å². The molecule has 6 nitrogen and oxygen atoms in total. The van der Waals surface area contributed by atoms with Gasteiger partial charge in [-0.15, -0.1) is 0 Å². The average Bonchev–Trinajstić information content (AvgIpc) is 2.69. The van der Waals surface area contributed by atoms with E-state index in [1.807, 2.05) is 12.1 Å². The van der Waals surface area contributed by atoms with Crippen molar-refractivity contribution in [3.63, 3.8) is 0 Å². The summed E-state index contributed by atoms with van der Waals surface area (Å²) in [4.78, 5) is 26.2. The number of carbonyl (C=O) groups excluding carboxylic acids is 2. The first-order valence-electron chi connectivity index (χ1n) is 5.16. The predicted octanol–water partition coefficient (Wildman–Crippen LogP) is 0.649. The average molecular weight is 265 g/mol. The van der Waals surface area contributed by atoms with Gasteiger partial charge in [0.1, 0.15) is 10.8 Å². The minimum absolute atomic E-state index is 0.140. The summed E-state index contributed by atoms with van der Waals surface area (Å²) in [6.07, 6.45) is -0.140. The summed E-state index contributed by atoms with van der Waals surface area (Å²) in [5.74, 6) is -1.22. The van der Waals surface area contributed by atoms with Crippen LogP contribution in [0.4, 0.5) is 0 Å². The van der Waals surface area contributed by atoms with Crippen molar-refractivity contribution in [3.05, 3.63) is 24.3 Å². The van der Waals surface area contributed by atoms with Gasteiger partial charge in [-0.25, -0.2) is 4.98 Å². The van der Waals surface area contributed by atoms with Crippen molar-refractivity contribution in [1.82, 2.24) is 4.98 Å². The smallest absolute Gasteiger partial charge is 0.257 e. The first-order valence-corrected chi connectivity index (χ1v) is 6.04. The Bertz CT molecular complexity index is 563. The lowest BCUT2D eigenvalue weighted by molar-refractivity contribution is -0.122. The van der Waals surface area contributed by atoms with E-state index in [9.17, 15) is 9.59 Å². The van der Waals surface area contributed by atoms with Crippen molar-refractivity contribution in [1.29, 1.82) is 0 Å². The molecule has 0 aliphatic rings. The van der Waals surface area contributed by atoms with Crippen LogP contribution < -0.4 is 11.5 Å². The molecule has 2 rings (SSSR count). The Morgan fingerprint density at radius 3 is 2.67 bits per heavy atom. The minimum atomic E-state index is -0.768. The molecule has 1 aromatic heterocycles. The molecule has 1 aromatic carbocycles. The third-order valence-corrected chi connectivity index (χ3v) is 3.28. The van der Waals surface area contributed by atoms with Gasteiger partial charge in [-0.05, 0) is 12.1 Å². The zero-order valence-electron chi connectivity index (χ0n) is 9.33. The Morgan fingerprint density at radius 2 is 2.06 bits per heavy atom. The fraction of sp³-hybridized carbons (Fsp3) is 0.182. The maximum Gasteiger partial charge on any atom is 0.257 e. The summed E-state index contributed by atoms with van der Waals surface area (Å²) in [5.41, 5.74) is 11.5. The molecular weight excluding hydrogens is 254 g/mol. The lowest BCUT2D eigenvalue weighted by atomic mass is 10.3. The van der Waals surface area contributed by atoms with Crippen molar-refractivity contribution in [2.24, 2.45) is 11.5 Å². The van der Waals surface area contributed by atoms with Gasteiger partial charge in [0.05, 0.1) is 0 Å². The number of fused-ring (bicyclic) bond motifs is 1. The number of para-hydroxylation sites is 2. The van der Waals surface area contributed by atoms with Crippen LogP contribution >= 0.6 is 11.8 Å². The Balaban J connectivity index is 2.20. The van der Waals surface area contributed by atoms with Gasteiger partial charge < -0.3 is 15.9 Å². The molecule has 0 radical (unpaired) electrons. The van der Waals surface area contributed by atoms with Crippen LogP contribution in [0, 0.1) is 0 Å². The SMILES string of the molecule is NC(=O)CC(Sc1nc2ccccc2o1)C(N)=O. The molecule has 0 aliphatic carbocycles. The molecule has 0 bridgehead atoms. The Labute approximate surface area is 107 Å². The fourth-order valence-electron chi connectivity index (χ4n) is 1.41. The molecule has 1 atom stereocenters. The highest BCUT2D eigenvalue weighted by Gasteiger charge is 2.22. The molecule has 1 unspecified atom stereocenters. The molecule has 0 saturated carbocycles. The predicted molar refractivity (Wildman–Crippen MR) is 66.7 cm³/mol. The number of hydrogen-bond donors (Lipinski definition) is 2. The van der Waals surface area contributed by atoms with Gasteiger partial charge in [0.15, 0.2) is 5.58 Å². The van der Waals surface area contributed by atoms with Gasteiger partial charge in [0.25, 0.3) is 5.22 Å². The van der Waals surface area contributed by atoms with Crippen molar-refractivity contribution in [2.45, 2.75) is 16.9 Å². The number of primary amides is 2. The molecule has 1 heterocycles. The second kappa shape index (κ2) is 5.09. The maximum absolute atomic E-state index is 11.2. The molecule has 18 heavy (non-hydrogen) atoms. The van der Waals surface area contributed by atoms with Crippen LogP contribution in [0.2, 0.25) is 0 Å². The van der Waals surface area contributed by atoms with Gasteiger partial charge in [0, 0.05) is 6.42 Å². The Hall–Kier alpha value is -2.02. The molecule has 0 spiro atoms. The molecule has 0 aliphatic heterocycles. The normalized spacial score (nSPS) is 12.4. The number of thioether (sulfide) groups is 1. The van der Waals surface area contributed by atoms with E-state index in [1.165, 1.54) is 0 Å². The van der Waals surface area contributed by atoms with E-state index >= 15 is 0 Å². The van der Waals surface area contributed by atoms with E-state index in [1.54, 1.807) is 12.1 Å². The van der Waals surface area contributed by atoms with E-state index in [0.29, 0.717) is 16.3 Å². The van der Waals surface area contributed by atoms with Crippen LogP contribution in [0.1, 0.15) is 6.42 Å². The Morgan fingerprint density at radius 1 is 1.33 bits per heavy atom. The monoisotopic (exact) mass is 265 g/mol. The van der Waals surface area contributed by atoms with Crippen molar-refractivity contribution < 1.29 is 14.0 Å². The third-order valence-electron chi connectivity index (χ3n) is 2.22. The van der Waals surface area contributed by atoms with E-state index in [2.05, 4.69) is 4.98 Å². The molecule has 94 valence electrons. The number of rotatable bonds is 5. The van der Waals surface area contributed by atoms with Gasteiger partial charge in [-0.1, -0.05) is 23.9 Å². The standard InChI is InChI=1S/C11H11N3O3S/c12-9(15)5-8(10(13)16)18-11-14-6-3-1-2-4-7(6)17-11/h1-4,8H,5H2,(H2,12,15)(H2,13,16). The molecule has 0 saturated heterocycles. The summed E-state index contributed by atoms with van der Waals surface area (Å²) in [6.45, 7) is 0. The largest absolute Gasteiger partial charge is 0.431 e. The van der Waals surface area contributed by atoms with Crippen molar-refractivity contribution in [2.75, 3.05) is 0 Å². The lowest BCUT2D eigenvalue weighted by Gasteiger charge is -2.07. The van der Waals surface area contributed by atoms with Crippen LogP contribution in [-0.2, 0) is 9.59 Å². The van der Waals surface area contributed by atoms with Crippen LogP contribution in [-0.4, -0.2) is 22.0 Å². The second-order valence-corrected chi connectivity index (χ2v) is 4.78. The number of benzene rings is 1. The zero-order valence-corrected chi connectivity index (χ0v) is 10.1. The third kappa shape index (κ3) is 2.80. The van der Waals surface area contributed by atoms with Gasteiger partial charge in [-0.3, -0.25) is 9.59 Å². The lowest BCUT2D eigenvalue weighted by Crippen LogP contribution is -2.30. The number of hydrogen-bond acceptors (Lipinski definition) is 5. The van der Waals surface area contributed by atoms with E-state index < -0.39 is 17.1 Å². The van der Waals surface area contributed by atoms with E-state index in [-0.39, 0.29) is 6.42 Å². The highest BCUT2D eigenvalue weighted by atomic mass is 32.2. The molecule has 7 heteroatoms. The quantitative estimate of drug-likeness (QED) is 0.771. The van der Waals surface area contributed by atoms with Crippen LogP contribution in [0.3, 0.4) is 0 Å². The summed E-state index contributed by atoms with van der Waals surface area (Å²) < 4.78 is 5.42. The van der Waals surface area contributed by atoms with Gasteiger partial charge in [0.2, 0.25) is 11.8 Å². The summed E-state index contributed by atoms with van der Waals surface area (Å²) in [6, 6.07) is 7.20. The van der Waals surface area contributed by atoms with Crippen LogP contribution in [0.25, 0.3) is 11.1 Å². The van der Waals surface area contributed by atoms with E-state index in [0.717, 1.165) is 11.8 Å². The van der Waals surface area contributed by atoms with E-state index in [4.69, 9.17) is 15.9 Å². The zero-order chi connectivity index (χ0) is 13.1. The number of nitrogens with zero attached hydrogens (tertiary/aromatic N) is 1. The number of nitrogens with two attached hydrogens (primary N) is 2. The van der Waals surface area contributed by atoms with Crippen molar-refractivity contribution in [3.8, 4) is 0 Å². The number of oxazole rings is 1. The number of aromatic nitrogens is 1. The van der Waals surface area contributed by atoms with Gasteiger partial charge >= 0.3 is 0 Å². The minimum Gasteiger partial charge on any atom is -0.431 e. The highest BCUT2D eigenvalue weighted by Crippen LogP contribution is 2.27. The first-order chi connectivity index (χ1) is 8.56. The summed E-state index contributed by atoms with van der Waals surface area (Å²) in [7, 11) is 0. The number of carbonyl (C=O) groups is 2. The molecule has 2 amide bonds. The number of amides is 2. The highest BCUT2D eigenvalue weighted by molar-refractivity contribution is 8.00. The van der Waals surface area contributed by atoms with Crippen molar-refractivity contribution >= 4 is 34.7 Å². The molecule has 0 fully saturated rings. The first kappa shape index (κ1) is 12.4. The topological polar surface area (TPSA) is 112 Å². The molecule has 2 aromatic rings. The fourth-order valence-corrected chi connectivity index (χ4v) is 2.30. The second-order valence-electron chi connectivity index (χ2n) is 3.63. The Kier molecular flexibility index (Phi) is 3.52. The summed E-state index contributed by atoms with van der Waals surface area (Å²) in [5, 5.41) is -0.475. The molecule has 4 N–H and O–H groups in total. The van der Waals surface area contributed by atoms with Crippen LogP contribution in [0.5, 0.6) is 0 Å². The van der Waals surface area contributed by atoms with Crippen LogP contribution in [0.15, 0.2) is 33.9 Å². The maximum atomic E-state index is 11.2. The summed E-state index contributed by atoms with van der Waals surface area (Å²) >= 11 is 0.998. The molecular formula is C11H11N3O3S.